The molecule has 1 saturated heterocycles. The highest BCUT2D eigenvalue weighted by atomic mass is 19.1. The fraction of sp³-hybridized carbons (Fsp3) is 0.357. The van der Waals surface area contributed by atoms with Crippen molar-refractivity contribution < 1.29 is 9.18 Å². The van der Waals surface area contributed by atoms with Crippen molar-refractivity contribution in [3.8, 4) is 0 Å². The number of halogens is 1. The second-order valence-electron chi connectivity index (χ2n) is 4.77. The van der Waals surface area contributed by atoms with Gasteiger partial charge in [0, 0.05) is 18.5 Å². The van der Waals surface area contributed by atoms with Crippen LogP contribution in [0.4, 0.5) is 10.2 Å². The van der Waals surface area contributed by atoms with Crippen molar-refractivity contribution in [2.75, 3.05) is 18.0 Å². The van der Waals surface area contributed by atoms with E-state index in [1.165, 1.54) is 18.5 Å². The molecule has 0 saturated carbocycles. The lowest BCUT2D eigenvalue weighted by atomic mass is 10.1. The van der Waals surface area contributed by atoms with E-state index >= 15 is 0 Å². The Morgan fingerprint density at radius 3 is 3.10 bits per heavy atom. The van der Waals surface area contributed by atoms with E-state index in [2.05, 4.69) is 15.3 Å². The molecule has 0 aliphatic carbocycles. The number of carbonyl (C=O) groups is 1. The molecule has 1 atom stereocenters. The van der Waals surface area contributed by atoms with Crippen LogP contribution in [-0.2, 0) is 4.79 Å². The highest BCUT2D eigenvalue weighted by molar-refractivity contribution is 5.93. The van der Waals surface area contributed by atoms with E-state index in [1.807, 2.05) is 11.8 Å². The predicted octanol–water partition coefficient (Wildman–Crippen LogP) is 1.48. The Hall–Kier alpha value is -2.24. The molecule has 0 spiro atoms. The minimum Gasteiger partial charge on any atom is -0.353 e. The second kappa shape index (κ2) is 5.03. The summed E-state index contributed by atoms with van der Waals surface area (Å²) in [7, 11) is 0. The Morgan fingerprint density at radius 1 is 1.45 bits per heavy atom. The minimum atomic E-state index is -0.331. The summed E-state index contributed by atoms with van der Waals surface area (Å²) >= 11 is 0. The van der Waals surface area contributed by atoms with Gasteiger partial charge in [-0.15, -0.1) is 0 Å². The van der Waals surface area contributed by atoms with E-state index in [9.17, 15) is 9.18 Å². The Balaban J connectivity index is 2.13. The van der Waals surface area contributed by atoms with Gasteiger partial charge in [0.15, 0.2) is 0 Å². The van der Waals surface area contributed by atoms with Gasteiger partial charge in [0.2, 0.25) is 5.91 Å². The lowest BCUT2D eigenvalue weighted by Gasteiger charge is -2.35. The van der Waals surface area contributed by atoms with Gasteiger partial charge >= 0.3 is 0 Å². The van der Waals surface area contributed by atoms with Crippen LogP contribution in [0.25, 0.3) is 10.9 Å². The van der Waals surface area contributed by atoms with Gasteiger partial charge in [-0.1, -0.05) is 6.92 Å². The number of hydrogen-bond donors (Lipinski definition) is 1. The first-order valence-corrected chi connectivity index (χ1v) is 6.65. The van der Waals surface area contributed by atoms with Crippen molar-refractivity contribution in [2.24, 2.45) is 0 Å². The number of nitrogens with zero attached hydrogens (tertiary/aromatic N) is 3. The normalized spacial score (nSPS) is 19.2. The van der Waals surface area contributed by atoms with Gasteiger partial charge in [-0.25, -0.2) is 14.4 Å². The maximum atomic E-state index is 13.5. The lowest BCUT2D eigenvalue weighted by Crippen LogP contribution is -2.55. The molecule has 2 aromatic rings. The Bertz CT molecular complexity index is 661. The lowest BCUT2D eigenvalue weighted by molar-refractivity contribution is -0.123. The molecule has 1 unspecified atom stereocenters. The van der Waals surface area contributed by atoms with Crippen LogP contribution in [-0.4, -0.2) is 35.0 Å². The molecule has 0 bridgehead atoms. The monoisotopic (exact) mass is 274 g/mol. The molecule has 1 aliphatic heterocycles. The quantitative estimate of drug-likeness (QED) is 0.901. The van der Waals surface area contributed by atoms with Crippen molar-refractivity contribution >= 4 is 22.6 Å². The van der Waals surface area contributed by atoms with Crippen LogP contribution < -0.4 is 10.2 Å². The van der Waals surface area contributed by atoms with E-state index < -0.39 is 0 Å². The molecule has 5 nitrogen and oxygen atoms in total. The Kier molecular flexibility index (Phi) is 3.22. The summed E-state index contributed by atoms with van der Waals surface area (Å²) in [6, 6.07) is 4.15. The maximum Gasteiger partial charge on any atom is 0.242 e. The molecular formula is C14H15FN4O. The molecular weight excluding hydrogens is 259 g/mol. The third-order valence-corrected chi connectivity index (χ3v) is 3.57. The van der Waals surface area contributed by atoms with Crippen LogP contribution in [0.5, 0.6) is 0 Å². The number of amides is 1. The number of hydrogen-bond acceptors (Lipinski definition) is 4. The van der Waals surface area contributed by atoms with Crippen molar-refractivity contribution in [1.29, 1.82) is 0 Å². The molecule has 0 radical (unpaired) electrons. The first-order chi connectivity index (χ1) is 9.70. The fourth-order valence-electron chi connectivity index (χ4n) is 2.62. The number of rotatable bonds is 2. The van der Waals surface area contributed by atoms with Crippen molar-refractivity contribution in [2.45, 2.75) is 19.4 Å². The summed E-state index contributed by atoms with van der Waals surface area (Å²) < 4.78 is 13.5. The summed E-state index contributed by atoms with van der Waals surface area (Å²) in [6.45, 7) is 3.18. The zero-order valence-corrected chi connectivity index (χ0v) is 11.1. The second-order valence-corrected chi connectivity index (χ2v) is 4.77. The first kappa shape index (κ1) is 12.8. The largest absolute Gasteiger partial charge is 0.353 e. The molecule has 20 heavy (non-hydrogen) atoms. The zero-order valence-electron chi connectivity index (χ0n) is 11.1. The fourth-order valence-corrected chi connectivity index (χ4v) is 2.62. The Morgan fingerprint density at radius 2 is 2.30 bits per heavy atom. The highest BCUT2D eigenvalue weighted by Gasteiger charge is 2.30. The van der Waals surface area contributed by atoms with Crippen molar-refractivity contribution in [1.82, 2.24) is 15.3 Å². The number of piperazine rings is 1. The highest BCUT2D eigenvalue weighted by Crippen LogP contribution is 2.26. The summed E-state index contributed by atoms with van der Waals surface area (Å²) in [5.74, 6) is 0.279. The minimum absolute atomic E-state index is 0.0121. The Labute approximate surface area is 115 Å². The molecule has 3 rings (SSSR count). The third-order valence-electron chi connectivity index (χ3n) is 3.57. The molecule has 1 aromatic heterocycles. The average molecular weight is 274 g/mol. The van der Waals surface area contributed by atoms with Crippen LogP contribution in [0.3, 0.4) is 0 Å². The number of nitrogens with one attached hydrogen (secondary N) is 1. The smallest absolute Gasteiger partial charge is 0.242 e. The van der Waals surface area contributed by atoms with Crippen LogP contribution in [0.15, 0.2) is 24.5 Å². The van der Waals surface area contributed by atoms with Crippen LogP contribution in [0, 0.1) is 5.82 Å². The summed E-state index contributed by atoms with van der Waals surface area (Å²) in [4.78, 5) is 22.3. The predicted molar refractivity (Wildman–Crippen MR) is 73.9 cm³/mol. The van der Waals surface area contributed by atoms with Gasteiger partial charge in [0.1, 0.15) is 24.0 Å². The standard InChI is InChI=1S/C14H15FN4O/c1-2-12-14(20)16-5-6-19(12)13-10-7-9(15)3-4-11(10)17-8-18-13/h3-4,7-8,12H,2,5-6H2,1H3,(H,16,20). The van der Waals surface area contributed by atoms with Crippen molar-refractivity contribution in [3.05, 3.63) is 30.3 Å². The van der Waals surface area contributed by atoms with Crippen LogP contribution in [0.1, 0.15) is 13.3 Å². The number of anilines is 1. The van der Waals surface area contributed by atoms with Crippen LogP contribution >= 0.6 is 0 Å². The summed E-state index contributed by atoms with van der Waals surface area (Å²) in [6.07, 6.45) is 2.13. The molecule has 6 heteroatoms. The summed E-state index contributed by atoms with van der Waals surface area (Å²) in [5, 5.41) is 3.48. The first-order valence-electron chi connectivity index (χ1n) is 6.65. The number of fused-ring (bicyclic) bond motifs is 1. The van der Waals surface area contributed by atoms with E-state index in [0.29, 0.717) is 36.2 Å². The third kappa shape index (κ3) is 2.07. The molecule has 1 fully saturated rings. The molecule has 2 heterocycles. The molecule has 1 aliphatic rings. The van der Waals surface area contributed by atoms with Gasteiger partial charge < -0.3 is 10.2 Å². The molecule has 104 valence electrons. The summed E-state index contributed by atoms with van der Waals surface area (Å²) in [5.41, 5.74) is 0.678. The number of benzene rings is 1. The zero-order chi connectivity index (χ0) is 14.1. The van der Waals surface area contributed by atoms with E-state index in [1.54, 1.807) is 6.07 Å². The molecule has 1 N–H and O–H groups in total. The van der Waals surface area contributed by atoms with Crippen molar-refractivity contribution in [3.63, 3.8) is 0 Å². The van der Waals surface area contributed by atoms with E-state index in [4.69, 9.17) is 0 Å². The van der Waals surface area contributed by atoms with E-state index in [0.717, 1.165) is 0 Å². The average Bonchev–Trinajstić information content (AvgIpc) is 2.46. The molecule has 1 aromatic carbocycles. The maximum absolute atomic E-state index is 13.5. The van der Waals surface area contributed by atoms with Gasteiger partial charge in [0.05, 0.1) is 5.52 Å². The topological polar surface area (TPSA) is 58.1 Å². The number of carbonyl (C=O) groups excluding carboxylic acids is 1. The van der Waals surface area contributed by atoms with Gasteiger partial charge in [-0.3, -0.25) is 4.79 Å². The van der Waals surface area contributed by atoms with Gasteiger partial charge in [0.25, 0.3) is 0 Å². The molecule has 1 amide bonds. The van der Waals surface area contributed by atoms with Gasteiger partial charge in [-0.05, 0) is 24.6 Å². The number of aromatic nitrogens is 2. The van der Waals surface area contributed by atoms with Gasteiger partial charge in [-0.2, -0.15) is 0 Å². The SMILES string of the molecule is CCC1C(=O)NCCN1c1ncnc2ccc(F)cc12. The van der Waals surface area contributed by atoms with Crippen LogP contribution in [0.2, 0.25) is 0 Å². The van der Waals surface area contributed by atoms with E-state index in [-0.39, 0.29) is 17.8 Å².